The molecule has 2 unspecified atom stereocenters. The number of piperidine rings is 1. The molecule has 4 nitrogen and oxygen atoms in total. The Bertz CT molecular complexity index is 604. The summed E-state index contributed by atoms with van der Waals surface area (Å²) in [5.74, 6) is 0.916. The lowest BCUT2D eigenvalue weighted by atomic mass is 9.90. The van der Waals surface area contributed by atoms with E-state index >= 15 is 0 Å². The maximum Gasteiger partial charge on any atom is 0.243 e. The van der Waals surface area contributed by atoms with E-state index in [4.69, 9.17) is 5.26 Å². The molecule has 0 amide bonds. The van der Waals surface area contributed by atoms with Crippen LogP contribution in [-0.2, 0) is 10.0 Å². The van der Waals surface area contributed by atoms with Crippen LogP contribution in [0.25, 0.3) is 0 Å². The Hall–Kier alpha value is -1.38. The van der Waals surface area contributed by atoms with E-state index in [9.17, 15) is 8.42 Å². The van der Waals surface area contributed by atoms with Gasteiger partial charge < -0.3 is 0 Å². The summed E-state index contributed by atoms with van der Waals surface area (Å²) in [6, 6.07) is 8.20. The fraction of sp³-hybridized carbons (Fsp3) is 0.500. The van der Waals surface area contributed by atoms with Gasteiger partial charge in [0.05, 0.1) is 16.5 Å². The Kier molecular flexibility index (Phi) is 3.93. The van der Waals surface area contributed by atoms with Crippen molar-refractivity contribution >= 4 is 10.0 Å². The van der Waals surface area contributed by atoms with E-state index in [0.29, 0.717) is 30.5 Å². The Balaban J connectivity index is 2.30. The van der Waals surface area contributed by atoms with Crippen molar-refractivity contribution in [3.63, 3.8) is 0 Å². The summed E-state index contributed by atoms with van der Waals surface area (Å²) in [5, 5.41) is 8.86. The van der Waals surface area contributed by atoms with E-state index in [-0.39, 0.29) is 4.90 Å². The number of hydrogen-bond acceptors (Lipinski definition) is 3. The minimum Gasteiger partial charge on any atom is -0.207 e. The van der Waals surface area contributed by atoms with Gasteiger partial charge in [0.1, 0.15) is 0 Å². The summed E-state index contributed by atoms with van der Waals surface area (Å²) in [4.78, 5) is 0.216. The van der Waals surface area contributed by atoms with Gasteiger partial charge in [0, 0.05) is 13.1 Å². The first kappa shape index (κ1) is 14.0. The van der Waals surface area contributed by atoms with Crippen LogP contribution in [0.4, 0.5) is 0 Å². The van der Waals surface area contributed by atoms with Crippen LogP contribution in [0.15, 0.2) is 29.2 Å². The molecule has 0 saturated carbocycles. The SMILES string of the molecule is CC1CCN(S(=O)(=O)c2cccc(C#N)c2)CC1C. The standard InChI is InChI=1S/C14H18N2O2S/c1-11-6-7-16(10-12(11)2)19(17,18)14-5-3-4-13(8-14)9-15/h3-5,8,11-12H,6-7,10H2,1-2H3. The zero-order valence-corrected chi connectivity index (χ0v) is 12.0. The van der Waals surface area contributed by atoms with E-state index in [1.165, 1.54) is 10.4 Å². The molecule has 1 aliphatic rings. The van der Waals surface area contributed by atoms with Crippen LogP contribution in [0.1, 0.15) is 25.8 Å². The summed E-state index contributed by atoms with van der Waals surface area (Å²) in [7, 11) is -3.47. The largest absolute Gasteiger partial charge is 0.243 e. The maximum absolute atomic E-state index is 12.5. The summed E-state index contributed by atoms with van der Waals surface area (Å²) in [6.45, 7) is 5.36. The van der Waals surface area contributed by atoms with Crippen LogP contribution in [0, 0.1) is 23.2 Å². The normalized spacial score (nSPS) is 24.9. The molecule has 1 aromatic rings. The highest BCUT2D eigenvalue weighted by Gasteiger charge is 2.31. The molecule has 0 bridgehead atoms. The zero-order chi connectivity index (χ0) is 14.0. The van der Waals surface area contributed by atoms with Crippen molar-refractivity contribution in [1.82, 2.24) is 4.31 Å². The maximum atomic E-state index is 12.5. The zero-order valence-electron chi connectivity index (χ0n) is 11.2. The van der Waals surface area contributed by atoms with Crippen molar-refractivity contribution in [3.8, 4) is 6.07 Å². The number of nitriles is 1. The van der Waals surface area contributed by atoms with Crippen LogP contribution in [-0.4, -0.2) is 25.8 Å². The van der Waals surface area contributed by atoms with Crippen molar-refractivity contribution in [2.24, 2.45) is 11.8 Å². The molecule has 1 saturated heterocycles. The number of hydrogen-bond donors (Lipinski definition) is 0. The monoisotopic (exact) mass is 278 g/mol. The van der Waals surface area contributed by atoms with Gasteiger partial charge in [-0.15, -0.1) is 0 Å². The molecule has 0 radical (unpaired) electrons. The first-order valence-electron chi connectivity index (χ1n) is 6.45. The highest BCUT2D eigenvalue weighted by Crippen LogP contribution is 2.27. The molecule has 2 atom stereocenters. The Morgan fingerprint density at radius 3 is 2.68 bits per heavy atom. The van der Waals surface area contributed by atoms with Crippen LogP contribution in [0.3, 0.4) is 0 Å². The topological polar surface area (TPSA) is 61.2 Å². The molecule has 2 rings (SSSR count). The average Bonchev–Trinajstić information content (AvgIpc) is 2.41. The van der Waals surface area contributed by atoms with Crippen molar-refractivity contribution in [3.05, 3.63) is 29.8 Å². The molecule has 1 fully saturated rings. The van der Waals surface area contributed by atoms with Gasteiger partial charge in [-0.2, -0.15) is 9.57 Å². The molecule has 0 aromatic heterocycles. The fourth-order valence-electron chi connectivity index (χ4n) is 2.32. The van der Waals surface area contributed by atoms with Gasteiger partial charge in [-0.05, 0) is 36.5 Å². The summed E-state index contributed by atoms with van der Waals surface area (Å²) in [5.41, 5.74) is 0.375. The molecule has 1 aliphatic heterocycles. The highest BCUT2D eigenvalue weighted by molar-refractivity contribution is 7.89. The molecule has 5 heteroatoms. The van der Waals surface area contributed by atoms with Crippen molar-refractivity contribution in [1.29, 1.82) is 5.26 Å². The highest BCUT2D eigenvalue weighted by atomic mass is 32.2. The molecular weight excluding hydrogens is 260 g/mol. The molecular formula is C14H18N2O2S. The predicted octanol–water partition coefficient (Wildman–Crippen LogP) is 2.22. The van der Waals surface area contributed by atoms with Gasteiger partial charge in [-0.25, -0.2) is 8.42 Å². The lowest BCUT2D eigenvalue weighted by Gasteiger charge is -2.34. The molecule has 19 heavy (non-hydrogen) atoms. The second-order valence-corrected chi connectivity index (χ2v) is 7.18. The first-order chi connectivity index (χ1) is 8.95. The molecule has 1 aromatic carbocycles. The summed E-state index contributed by atoms with van der Waals surface area (Å²) < 4.78 is 26.6. The van der Waals surface area contributed by atoms with Crippen LogP contribution in [0.5, 0.6) is 0 Å². The Morgan fingerprint density at radius 1 is 1.32 bits per heavy atom. The predicted molar refractivity (Wildman–Crippen MR) is 72.9 cm³/mol. The second kappa shape index (κ2) is 5.32. The third-order valence-electron chi connectivity index (χ3n) is 3.90. The lowest BCUT2D eigenvalue weighted by molar-refractivity contribution is 0.212. The Morgan fingerprint density at radius 2 is 2.05 bits per heavy atom. The van der Waals surface area contributed by atoms with Gasteiger partial charge in [0.2, 0.25) is 10.0 Å². The van der Waals surface area contributed by atoms with E-state index in [1.807, 2.05) is 6.07 Å². The smallest absolute Gasteiger partial charge is 0.207 e. The minimum atomic E-state index is -3.47. The number of benzene rings is 1. The van der Waals surface area contributed by atoms with Crippen molar-refractivity contribution in [2.45, 2.75) is 25.2 Å². The molecule has 0 aliphatic carbocycles. The third-order valence-corrected chi connectivity index (χ3v) is 5.76. The second-order valence-electron chi connectivity index (χ2n) is 5.25. The first-order valence-corrected chi connectivity index (χ1v) is 7.89. The molecule has 0 N–H and O–H groups in total. The summed E-state index contributed by atoms with van der Waals surface area (Å²) in [6.07, 6.45) is 0.887. The molecule has 0 spiro atoms. The van der Waals surface area contributed by atoms with Gasteiger partial charge in [-0.1, -0.05) is 19.9 Å². The summed E-state index contributed by atoms with van der Waals surface area (Å²) >= 11 is 0. The van der Waals surface area contributed by atoms with Crippen LogP contribution in [0.2, 0.25) is 0 Å². The van der Waals surface area contributed by atoms with E-state index < -0.39 is 10.0 Å². The minimum absolute atomic E-state index is 0.216. The quantitative estimate of drug-likeness (QED) is 0.833. The van der Waals surface area contributed by atoms with Crippen LogP contribution < -0.4 is 0 Å². The number of sulfonamides is 1. The van der Waals surface area contributed by atoms with Gasteiger partial charge >= 0.3 is 0 Å². The lowest BCUT2D eigenvalue weighted by Crippen LogP contribution is -2.42. The van der Waals surface area contributed by atoms with E-state index in [2.05, 4.69) is 13.8 Å². The van der Waals surface area contributed by atoms with Gasteiger partial charge in [0.15, 0.2) is 0 Å². The third kappa shape index (κ3) is 2.80. The van der Waals surface area contributed by atoms with Crippen LogP contribution >= 0.6 is 0 Å². The number of rotatable bonds is 2. The molecule has 1 heterocycles. The van der Waals surface area contributed by atoms with E-state index in [0.717, 1.165) is 6.42 Å². The fourth-order valence-corrected chi connectivity index (χ4v) is 3.92. The molecule has 102 valence electrons. The number of nitrogens with zero attached hydrogens (tertiary/aromatic N) is 2. The van der Waals surface area contributed by atoms with Crippen molar-refractivity contribution in [2.75, 3.05) is 13.1 Å². The Labute approximate surface area is 114 Å². The van der Waals surface area contributed by atoms with E-state index in [1.54, 1.807) is 18.2 Å². The van der Waals surface area contributed by atoms with Gasteiger partial charge in [-0.3, -0.25) is 0 Å². The van der Waals surface area contributed by atoms with Gasteiger partial charge in [0.25, 0.3) is 0 Å². The van der Waals surface area contributed by atoms with Crippen molar-refractivity contribution < 1.29 is 8.42 Å². The average molecular weight is 278 g/mol.